The average molecular weight is 523 g/mol. The molecule has 6 heterocycles. The van der Waals surface area contributed by atoms with Crippen molar-refractivity contribution in [3.8, 4) is 51.5 Å². The topological polar surface area (TPSA) is 0 Å². The lowest BCUT2D eigenvalue weighted by molar-refractivity contribution is 1.16. The molecule has 0 unspecified atom stereocenters. The van der Waals surface area contributed by atoms with Crippen LogP contribution in [0, 0.1) is 0 Å². The van der Waals surface area contributed by atoms with Gasteiger partial charge in [0.15, 0.2) is 0 Å². The first-order valence-electron chi connectivity index (χ1n) is 10.3. The predicted octanol–water partition coefficient (Wildman–Crippen LogP) is 11.0. The Labute approximate surface area is 211 Å². The molecule has 0 aromatic carbocycles. The van der Waals surface area contributed by atoms with Gasteiger partial charge < -0.3 is 0 Å². The Morgan fingerprint density at radius 2 is 0.938 bits per heavy atom. The van der Waals surface area contributed by atoms with Crippen LogP contribution in [0.3, 0.4) is 0 Å². The molecule has 0 spiro atoms. The largest absolute Gasteiger partial charge is 0.143 e. The van der Waals surface area contributed by atoms with E-state index in [9.17, 15) is 0 Å². The number of hydrogen-bond donors (Lipinski definition) is 0. The highest BCUT2D eigenvalue weighted by molar-refractivity contribution is 7.22. The molecule has 0 nitrogen and oxygen atoms in total. The van der Waals surface area contributed by atoms with E-state index in [-0.39, 0.29) is 0 Å². The van der Waals surface area contributed by atoms with E-state index >= 15 is 0 Å². The van der Waals surface area contributed by atoms with Crippen LogP contribution >= 0.6 is 68.0 Å². The molecule has 0 aliphatic heterocycles. The molecule has 6 aromatic rings. The van der Waals surface area contributed by atoms with Crippen LogP contribution in [0.2, 0.25) is 0 Å². The van der Waals surface area contributed by atoms with Crippen LogP contribution in [0.5, 0.6) is 0 Å². The number of hydrogen-bond acceptors (Lipinski definition) is 6. The third kappa shape index (κ3) is 3.50. The van der Waals surface area contributed by atoms with E-state index in [0.717, 1.165) is 6.42 Å². The molecule has 0 saturated heterocycles. The van der Waals surface area contributed by atoms with Crippen molar-refractivity contribution < 1.29 is 0 Å². The Kier molecular flexibility index (Phi) is 5.75. The van der Waals surface area contributed by atoms with Crippen LogP contribution in [0.1, 0.15) is 12.5 Å². The minimum absolute atomic E-state index is 1.07. The first-order valence-corrected chi connectivity index (χ1v) is 15.5. The van der Waals surface area contributed by atoms with Gasteiger partial charge in [0.05, 0.1) is 4.88 Å². The fourth-order valence-corrected chi connectivity index (χ4v) is 9.91. The van der Waals surface area contributed by atoms with Crippen LogP contribution in [0.15, 0.2) is 74.7 Å². The molecule has 158 valence electrons. The summed E-state index contributed by atoms with van der Waals surface area (Å²) in [6.45, 7) is 2.25. The maximum absolute atomic E-state index is 2.31. The van der Waals surface area contributed by atoms with Gasteiger partial charge in [0.2, 0.25) is 0 Å². The molecule has 0 amide bonds. The second kappa shape index (κ2) is 8.86. The van der Waals surface area contributed by atoms with Crippen molar-refractivity contribution in [3.63, 3.8) is 0 Å². The lowest BCUT2D eigenvalue weighted by atomic mass is 10.0. The zero-order chi connectivity index (χ0) is 21.5. The fraction of sp³-hybridized carbons (Fsp3) is 0.0769. The predicted molar refractivity (Wildman–Crippen MR) is 150 cm³/mol. The number of aryl methyl sites for hydroxylation is 1. The van der Waals surface area contributed by atoms with Gasteiger partial charge >= 0.3 is 0 Å². The summed E-state index contributed by atoms with van der Waals surface area (Å²) < 4.78 is 0. The van der Waals surface area contributed by atoms with Crippen LogP contribution < -0.4 is 0 Å². The lowest BCUT2D eigenvalue weighted by Gasteiger charge is -2.08. The summed E-state index contributed by atoms with van der Waals surface area (Å²) in [5.41, 5.74) is 6.91. The van der Waals surface area contributed by atoms with Crippen LogP contribution in [0.4, 0.5) is 0 Å². The van der Waals surface area contributed by atoms with Gasteiger partial charge in [-0.3, -0.25) is 0 Å². The van der Waals surface area contributed by atoms with Crippen LogP contribution in [-0.2, 0) is 6.42 Å². The summed E-state index contributed by atoms with van der Waals surface area (Å²) in [7, 11) is 0. The third-order valence-corrected chi connectivity index (χ3v) is 11.3. The van der Waals surface area contributed by atoms with Gasteiger partial charge in [0.25, 0.3) is 0 Å². The van der Waals surface area contributed by atoms with Gasteiger partial charge in [0.1, 0.15) is 0 Å². The minimum atomic E-state index is 1.07. The third-order valence-electron chi connectivity index (χ3n) is 5.51. The highest BCUT2D eigenvalue weighted by Gasteiger charge is 2.21. The zero-order valence-electron chi connectivity index (χ0n) is 17.2. The first kappa shape index (κ1) is 20.8. The van der Waals surface area contributed by atoms with Crippen molar-refractivity contribution in [2.75, 3.05) is 0 Å². The molecule has 6 aromatic heterocycles. The summed E-state index contributed by atoms with van der Waals surface area (Å²) in [5, 5.41) is 13.4. The second-order valence-corrected chi connectivity index (χ2v) is 12.8. The minimum Gasteiger partial charge on any atom is -0.143 e. The van der Waals surface area contributed by atoms with E-state index < -0.39 is 0 Å². The molecule has 0 radical (unpaired) electrons. The summed E-state index contributed by atoms with van der Waals surface area (Å²) in [5.74, 6) is 0. The molecule has 6 rings (SSSR count). The van der Waals surface area contributed by atoms with E-state index in [2.05, 4.69) is 81.7 Å². The van der Waals surface area contributed by atoms with Gasteiger partial charge in [-0.2, -0.15) is 0 Å². The fourth-order valence-electron chi connectivity index (χ4n) is 4.03. The van der Waals surface area contributed by atoms with Crippen molar-refractivity contribution >= 4 is 68.0 Å². The molecule has 0 atom stereocenters. The average Bonchev–Trinajstić information content (AvgIpc) is 3.66. The molecule has 6 heteroatoms. The van der Waals surface area contributed by atoms with E-state index in [1.165, 1.54) is 57.1 Å². The van der Waals surface area contributed by atoms with Crippen molar-refractivity contribution in [1.82, 2.24) is 0 Å². The van der Waals surface area contributed by atoms with Crippen LogP contribution in [0.25, 0.3) is 51.5 Å². The number of thiophene rings is 6. The van der Waals surface area contributed by atoms with E-state index in [1.54, 1.807) is 0 Å². The van der Waals surface area contributed by atoms with Crippen molar-refractivity contribution in [2.24, 2.45) is 0 Å². The maximum Gasteiger partial charge on any atom is 0.0529 e. The lowest BCUT2D eigenvalue weighted by Crippen LogP contribution is -1.83. The Balaban J connectivity index is 1.48. The van der Waals surface area contributed by atoms with Crippen LogP contribution in [-0.4, -0.2) is 0 Å². The normalized spacial score (nSPS) is 11.4. The molecule has 0 aliphatic carbocycles. The van der Waals surface area contributed by atoms with E-state index in [4.69, 9.17) is 0 Å². The van der Waals surface area contributed by atoms with E-state index in [1.807, 2.05) is 68.0 Å². The van der Waals surface area contributed by atoms with Gasteiger partial charge in [-0.25, -0.2) is 0 Å². The standard InChI is InChI=1S/C26H18S6/c1-2-16-5-11-28-22(16)17-6-12-29-23(17)18-7-13-30-24(18)19-8-14-31-25(19)20-9-15-32-26(20)21-4-3-10-27-21/h3-15H,2H2,1H3. The Hall–Kier alpha value is -1.80. The van der Waals surface area contributed by atoms with Crippen molar-refractivity contribution in [1.29, 1.82) is 0 Å². The SMILES string of the molecule is CCc1ccsc1-c1ccsc1-c1ccsc1-c1ccsc1-c1ccsc1-c1cccs1. The summed E-state index contributed by atoms with van der Waals surface area (Å²) in [4.78, 5) is 8.30. The highest BCUT2D eigenvalue weighted by Crippen LogP contribution is 2.51. The van der Waals surface area contributed by atoms with Gasteiger partial charge in [-0.05, 0) is 80.7 Å². The molecular formula is C26H18S6. The van der Waals surface area contributed by atoms with Crippen molar-refractivity contribution in [3.05, 3.63) is 80.3 Å². The van der Waals surface area contributed by atoms with Gasteiger partial charge in [-0.1, -0.05) is 13.0 Å². The monoisotopic (exact) mass is 522 g/mol. The van der Waals surface area contributed by atoms with Gasteiger partial charge in [0, 0.05) is 46.6 Å². The Morgan fingerprint density at radius 1 is 0.469 bits per heavy atom. The molecule has 0 bridgehead atoms. The number of rotatable bonds is 6. The maximum atomic E-state index is 2.31. The van der Waals surface area contributed by atoms with Crippen molar-refractivity contribution in [2.45, 2.75) is 13.3 Å². The summed E-state index contributed by atoms with van der Waals surface area (Å²) >= 11 is 11.1. The van der Waals surface area contributed by atoms with Gasteiger partial charge in [-0.15, -0.1) is 68.0 Å². The smallest absolute Gasteiger partial charge is 0.0529 e. The molecule has 0 fully saturated rings. The zero-order valence-corrected chi connectivity index (χ0v) is 22.1. The second-order valence-electron chi connectivity index (χ2n) is 7.26. The molecule has 0 aliphatic rings. The quantitative estimate of drug-likeness (QED) is 0.204. The molecule has 32 heavy (non-hydrogen) atoms. The Morgan fingerprint density at radius 3 is 1.47 bits per heavy atom. The van der Waals surface area contributed by atoms with E-state index in [0.29, 0.717) is 0 Å². The molecular weight excluding hydrogens is 505 g/mol. The molecule has 0 N–H and O–H groups in total. The highest BCUT2D eigenvalue weighted by atomic mass is 32.1. The summed E-state index contributed by atoms with van der Waals surface area (Å²) in [6.07, 6.45) is 1.07. The summed E-state index contributed by atoms with van der Waals surface area (Å²) in [6, 6.07) is 15.9. The molecule has 0 saturated carbocycles. The Bertz CT molecular complexity index is 1460. The first-order chi connectivity index (χ1) is 15.8.